The van der Waals surface area contributed by atoms with Crippen LogP contribution < -0.4 is 10.6 Å². The van der Waals surface area contributed by atoms with Gasteiger partial charge in [-0.15, -0.1) is 0 Å². The number of hydrogen-bond acceptors (Lipinski definition) is 3. The summed E-state index contributed by atoms with van der Waals surface area (Å²) in [6.07, 6.45) is -1.06. The van der Waals surface area contributed by atoms with Gasteiger partial charge in [0.15, 0.2) is 0 Å². The van der Waals surface area contributed by atoms with Gasteiger partial charge in [-0.1, -0.05) is 23.2 Å². The standard InChI is InChI=1S/C12H14Cl2N2O3/c1-3-19-12(11(18)15-2)16-10(17)7-4-8(13)6-9(14)5-7/h4-6,12H,3H2,1-2H3,(H,15,18)(H,16,17). The van der Waals surface area contributed by atoms with E-state index < -0.39 is 18.0 Å². The van der Waals surface area contributed by atoms with Crippen molar-refractivity contribution < 1.29 is 14.3 Å². The maximum Gasteiger partial charge on any atom is 0.269 e. The minimum atomic E-state index is -1.06. The lowest BCUT2D eigenvalue weighted by Crippen LogP contribution is -2.47. The summed E-state index contributed by atoms with van der Waals surface area (Å²) in [6, 6.07) is 4.42. The highest BCUT2D eigenvalue weighted by atomic mass is 35.5. The van der Waals surface area contributed by atoms with Gasteiger partial charge in [-0.3, -0.25) is 9.59 Å². The molecule has 0 radical (unpaired) electrons. The van der Waals surface area contributed by atoms with Crippen molar-refractivity contribution in [1.29, 1.82) is 0 Å². The lowest BCUT2D eigenvalue weighted by atomic mass is 10.2. The van der Waals surface area contributed by atoms with Crippen molar-refractivity contribution >= 4 is 35.0 Å². The Balaban J connectivity index is 2.84. The molecule has 0 heterocycles. The first kappa shape index (κ1) is 15.8. The van der Waals surface area contributed by atoms with E-state index in [1.54, 1.807) is 6.92 Å². The summed E-state index contributed by atoms with van der Waals surface area (Å²) < 4.78 is 5.14. The first-order valence-corrected chi connectivity index (χ1v) is 6.33. The smallest absolute Gasteiger partial charge is 0.269 e. The molecule has 0 saturated carbocycles. The van der Waals surface area contributed by atoms with E-state index in [0.717, 1.165) is 0 Å². The van der Waals surface area contributed by atoms with Crippen molar-refractivity contribution in [2.24, 2.45) is 0 Å². The quantitative estimate of drug-likeness (QED) is 0.816. The lowest BCUT2D eigenvalue weighted by Gasteiger charge is -2.17. The topological polar surface area (TPSA) is 67.4 Å². The van der Waals surface area contributed by atoms with Gasteiger partial charge in [0.1, 0.15) is 0 Å². The van der Waals surface area contributed by atoms with Crippen molar-refractivity contribution in [3.05, 3.63) is 33.8 Å². The molecule has 104 valence electrons. The zero-order valence-electron chi connectivity index (χ0n) is 10.5. The monoisotopic (exact) mass is 304 g/mol. The molecule has 1 aromatic rings. The lowest BCUT2D eigenvalue weighted by molar-refractivity contribution is -0.133. The Labute approximate surface area is 121 Å². The highest BCUT2D eigenvalue weighted by molar-refractivity contribution is 6.35. The first-order chi connectivity index (χ1) is 8.97. The van der Waals surface area contributed by atoms with Crippen LogP contribution in [0.5, 0.6) is 0 Å². The average Bonchev–Trinajstić information content (AvgIpc) is 2.36. The predicted molar refractivity (Wildman–Crippen MR) is 73.4 cm³/mol. The normalized spacial score (nSPS) is 11.8. The van der Waals surface area contributed by atoms with Crippen molar-refractivity contribution in [2.75, 3.05) is 13.7 Å². The van der Waals surface area contributed by atoms with Crippen LogP contribution in [0.3, 0.4) is 0 Å². The molecular weight excluding hydrogens is 291 g/mol. The van der Waals surface area contributed by atoms with Crippen molar-refractivity contribution in [3.63, 3.8) is 0 Å². The van der Waals surface area contributed by atoms with Gasteiger partial charge >= 0.3 is 0 Å². The van der Waals surface area contributed by atoms with Crippen LogP contribution >= 0.6 is 23.2 Å². The van der Waals surface area contributed by atoms with Gasteiger partial charge in [-0.25, -0.2) is 0 Å². The molecule has 0 aromatic heterocycles. The van der Waals surface area contributed by atoms with Crippen LogP contribution in [-0.2, 0) is 9.53 Å². The molecule has 5 nitrogen and oxygen atoms in total. The zero-order valence-corrected chi connectivity index (χ0v) is 12.0. The fraction of sp³-hybridized carbons (Fsp3) is 0.333. The van der Waals surface area contributed by atoms with E-state index in [1.165, 1.54) is 25.2 Å². The molecule has 0 aliphatic heterocycles. The molecule has 0 saturated heterocycles. The van der Waals surface area contributed by atoms with E-state index in [-0.39, 0.29) is 12.2 Å². The molecule has 1 aromatic carbocycles. The minimum Gasteiger partial charge on any atom is -0.355 e. The third-order valence-electron chi connectivity index (χ3n) is 2.20. The number of amides is 2. The van der Waals surface area contributed by atoms with Crippen LogP contribution in [0.2, 0.25) is 10.0 Å². The molecule has 0 bridgehead atoms. The number of halogens is 2. The maximum atomic E-state index is 12.0. The first-order valence-electron chi connectivity index (χ1n) is 5.58. The molecule has 0 aliphatic rings. The Hall–Kier alpha value is -1.30. The molecule has 2 amide bonds. The molecule has 0 fully saturated rings. The van der Waals surface area contributed by atoms with Crippen LogP contribution in [0.4, 0.5) is 0 Å². The highest BCUT2D eigenvalue weighted by Gasteiger charge is 2.20. The maximum absolute atomic E-state index is 12.0. The van der Waals surface area contributed by atoms with Gasteiger partial charge in [-0.05, 0) is 25.1 Å². The van der Waals surface area contributed by atoms with E-state index in [9.17, 15) is 9.59 Å². The largest absolute Gasteiger partial charge is 0.355 e. The molecule has 0 aliphatic carbocycles. The Bertz CT molecular complexity index is 460. The van der Waals surface area contributed by atoms with Gasteiger partial charge in [-0.2, -0.15) is 0 Å². The summed E-state index contributed by atoms with van der Waals surface area (Å²) in [6.45, 7) is 2.01. The van der Waals surface area contributed by atoms with Gasteiger partial charge < -0.3 is 15.4 Å². The Kier molecular flexibility index (Phi) is 6.08. The molecule has 1 unspecified atom stereocenters. The van der Waals surface area contributed by atoms with Gasteiger partial charge in [0.25, 0.3) is 11.8 Å². The van der Waals surface area contributed by atoms with Crippen LogP contribution in [0, 0.1) is 0 Å². The number of benzene rings is 1. The van der Waals surface area contributed by atoms with Crippen LogP contribution in [0.15, 0.2) is 18.2 Å². The summed E-state index contributed by atoms with van der Waals surface area (Å²) in [7, 11) is 1.46. The molecule has 7 heteroatoms. The van der Waals surface area contributed by atoms with Gasteiger partial charge in [0.2, 0.25) is 6.23 Å². The second-order valence-electron chi connectivity index (χ2n) is 3.58. The summed E-state index contributed by atoms with van der Waals surface area (Å²) in [5, 5.41) is 5.52. The Morgan fingerprint density at radius 3 is 2.32 bits per heavy atom. The second-order valence-corrected chi connectivity index (χ2v) is 4.45. The highest BCUT2D eigenvalue weighted by Crippen LogP contribution is 2.19. The number of rotatable bonds is 5. The van der Waals surface area contributed by atoms with E-state index in [4.69, 9.17) is 27.9 Å². The van der Waals surface area contributed by atoms with Crippen molar-refractivity contribution in [2.45, 2.75) is 13.2 Å². The number of carbonyl (C=O) groups excluding carboxylic acids is 2. The van der Waals surface area contributed by atoms with E-state index in [1.807, 2.05) is 0 Å². The van der Waals surface area contributed by atoms with Crippen LogP contribution in [0.1, 0.15) is 17.3 Å². The Morgan fingerprint density at radius 2 is 1.84 bits per heavy atom. The van der Waals surface area contributed by atoms with Crippen LogP contribution in [-0.4, -0.2) is 31.7 Å². The third-order valence-corrected chi connectivity index (χ3v) is 2.64. The number of nitrogens with one attached hydrogen (secondary N) is 2. The van der Waals surface area contributed by atoms with Crippen molar-refractivity contribution in [3.8, 4) is 0 Å². The Morgan fingerprint density at radius 1 is 1.26 bits per heavy atom. The zero-order chi connectivity index (χ0) is 14.4. The number of ether oxygens (including phenoxy) is 1. The van der Waals surface area contributed by atoms with Gasteiger partial charge in [0.05, 0.1) is 0 Å². The SMILES string of the molecule is CCOC(NC(=O)c1cc(Cl)cc(Cl)c1)C(=O)NC. The third kappa shape index (κ3) is 4.70. The minimum absolute atomic E-state index is 0.256. The van der Waals surface area contributed by atoms with Crippen LogP contribution in [0.25, 0.3) is 0 Å². The molecule has 19 heavy (non-hydrogen) atoms. The number of carbonyl (C=O) groups is 2. The molecule has 2 N–H and O–H groups in total. The summed E-state index contributed by atoms with van der Waals surface area (Å²) in [4.78, 5) is 23.5. The molecular formula is C12H14Cl2N2O3. The van der Waals surface area contributed by atoms with Crippen molar-refractivity contribution in [1.82, 2.24) is 10.6 Å². The molecule has 0 spiro atoms. The number of likely N-dealkylation sites (N-methyl/N-ethyl adjacent to an activating group) is 1. The van der Waals surface area contributed by atoms with E-state index in [0.29, 0.717) is 10.0 Å². The van der Waals surface area contributed by atoms with Gasteiger partial charge in [0, 0.05) is 29.3 Å². The fourth-order valence-electron chi connectivity index (χ4n) is 1.37. The number of hydrogen-bond donors (Lipinski definition) is 2. The second kappa shape index (κ2) is 7.33. The van der Waals surface area contributed by atoms with E-state index >= 15 is 0 Å². The average molecular weight is 305 g/mol. The van der Waals surface area contributed by atoms with E-state index in [2.05, 4.69) is 10.6 Å². The molecule has 1 rings (SSSR count). The fourth-order valence-corrected chi connectivity index (χ4v) is 1.89. The predicted octanol–water partition coefficient (Wildman–Crippen LogP) is 1.83. The summed E-state index contributed by atoms with van der Waals surface area (Å²) in [5.41, 5.74) is 0.256. The summed E-state index contributed by atoms with van der Waals surface area (Å²) in [5.74, 6) is -0.935. The summed E-state index contributed by atoms with van der Waals surface area (Å²) >= 11 is 11.6. The molecule has 1 atom stereocenters.